The number of aryl methyl sites for hydroxylation is 1. The van der Waals surface area contributed by atoms with Crippen molar-refractivity contribution in [2.24, 2.45) is 0 Å². The third-order valence-electron chi connectivity index (χ3n) is 5.26. The number of halogens is 1. The van der Waals surface area contributed by atoms with Crippen LogP contribution in [0.25, 0.3) is 16.9 Å². The summed E-state index contributed by atoms with van der Waals surface area (Å²) in [6, 6.07) is 18.6. The normalized spacial score (nSPS) is 18.7. The molecule has 1 fully saturated rings. The van der Waals surface area contributed by atoms with E-state index in [-0.39, 0.29) is 24.4 Å². The molecule has 5 nitrogen and oxygen atoms in total. The first-order valence-electron chi connectivity index (χ1n) is 9.86. The van der Waals surface area contributed by atoms with Crippen molar-refractivity contribution < 1.29 is 4.79 Å². The number of carbonyl (C=O) groups is 1. The summed E-state index contributed by atoms with van der Waals surface area (Å²) in [5.41, 5.74) is 4.39. The Morgan fingerprint density at radius 1 is 1.14 bits per heavy atom. The SMILES string of the molecule is Cc1ccc(-n2cc(C(=O)NC3CCNC(C)C3)c(-c3ccccc3)n2)cc1.Cl. The fraction of sp³-hybridized carbons (Fsp3) is 0.304. The van der Waals surface area contributed by atoms with E-state index in [9.17, 15) is 4.79 Å². The second-order valence-electron chi connectivity index (χ2n) is 7.59. The number of amides is 1. The predicted octanol–water partition coefficient (Wildman–Crippen LogP) is 4.14. The maximum atomic E-state index is 13.1. The van der Waals surface area contributed by atoms with E-state index < -0.39 is 0 Å². The van der Waals surface area contributed by atoms with Crippen LogP contribution in [0.15, 0.2) is 60.8 Å². The van der Waals surface area contributed by atoms with Gasteiger partial charge in [-0.1, -0.05) is 48.0 Å². The van der Waals surface area contributed by atoms with Crippen molar-refractivity contribution in [3.05, 3.63) is 71.9 Å². The highest BCUT2D eigenvalue weighted by Crippen LogP contribution is 2.24. The quantitative estimate of drug-likeness (QED) is 0.679. The predicted molar refractivity (Wildman–Crippen MR) is 119 cm³/mol. The van der Waals surface area contributed by atoms with Crippen LogP contribution in [0.4, 0.5) is 0 Å². The highest BCUT2D eigenvalue weighted by Gasteiger charge is 2.24. The molecule has 4 rings (SSSR count). The molecule has 0 radical (unpaired) electrons. The van der Waals surface area contributed by atoms with E-state index >= 15 is 0 Å². The maximum Gasteiger partial charge on any atom is 0.255 e. The number of rotatable bonds is 4. The molecular weight excluding hydrogens is 384 g/mol. The van der Waals surface area contributed by atoms with Gasteiger partial charge < -0.3 is 10.6 Å². The fourth-order valence-electron chi connectivity index (χ4n) is 3.71. The molecule has 0 bridgehead atoms. The Hall–Kier alpha value is -2.63. The lowest BCUT2D eigenvalue weighted by molar-refractivity contribution is 0.0926. The van der Waals surface area contributed by atoms with Crippen molar-refractivity contribution in [3.8, 4) is 16.9 Å². The maximum absolute atomic E-state index is 13.1. The lowest BCUT2D eigenvalue weighted by atomic mass is 10.00. The summed E-state index contributed by atoms with van der Waals surface area (Å²) in [5, 5.41) is 11.4. The molecule has 0 saturated carbocycles. The Bertz CT molecular complexity index is 953. The smallest absolute Gasteiger partial charge is 0.255 e. The van der Waals surface area contributed by atoms with Gasteiger partial charge in [-0.15, -0.1) is 12.4 Å². The van der Waals surface area contributed by atoms with Crippen LogP contribution in [-0.4, -0.2) is 34.3 Å². The molecule has 1 aliphatic heterocycles. The summed E-state index contributed by atoms with van der Waals surface area (Å²) >= 11 is 0. The van der Waals surface area contributed by atoms with Crippen LogP contribution < -0.4 is 10.6 Å². The number of nitrogens with zero attached hydrogens (tertiary/aromatic N) is 2. The number of benzene rings is 2. The topological polar surface area (TPSA) is 59.0 Å². The van der Waals surface area contributed by atoms with Gasteiger partial charge in [-0.05, 0) is 45.4 Å². The number of nitrogens with one attached hydrogen (secondary N) is 2. The highest BCUT2D eigenvalue weighted by molar-refractivity contribution is 6.00. The zero-order valence-corrected chi connectivity index (χ0v) is 17.6. The molecule has 1 amide bonds. The van der Waals surface area contributed by atoms with Gasteiger partial charge in [-0.3, -0.25) is 4.79 Å². The van der Waals surface area contributed by atoms with E-state index in [1.165, 1.54) is 5.56 Å². The molecule has 2 unspecified atom stereocenters. The Kier molecular flexibility index (Phi) is 6.72. The molecule has 0 spiro atoms. The van der Waals surface area contributed by atoms with Crippen LogP contribution in [0.3, 0.4) is 0 Å². The van der Waals surface area contributed by atoms with Crippen molar-refractivity contribution >= 4 is 18.3 Å². The van der Waals surface area contributed by atoms with Gasteiger partial charge in [0.15, 0.2) is 0 Å². The van der Waals surface area contributed by atoms with E-state index in [1.54, 1.807) is 4.68 Å². The van der Waals surface area contributed by atoms with Gasteiger partial charge >= 0.3 is 0 Å². The lowest BCUT2D eigenvalue weighted by Gasteiger charge is -2.28. The van der Waals surface area contributed by atoms with E-state index in [0.29, 0.717) is 17.3 Å². The molecule has 2 atom stereocenters. The molecule has 1 saturated heterocycles. The zero-order valence-electron chi connectivity index (χ0n) is 16.8. The van der Waals surface area contributed by atoms with Crippen LogP contribution >= 0.6 is 12.4 Å². The molecule has 29 heavy (non-hydrogen) atoms. The van der Waals surface area contributed by atoms with Gasteiger partial charge in [-0.25, -0.2) is 4.68 Å². The van der Waals surface area contributed by atoms with Crippen molar-refractivity contribution in [1.82, 2.24) is 20.4 Å². The Morgan fingerprint density at radius 3 is 2.55 bits per heavy atom. The van der Waals surface area contributed by atoms with E-state index in [1.807, 2.05) is 48.7 Å². The van der Waals surface area contributed by atoms with Gasteiger partial charge in [-0.2, -0.15) is 5.10 Å². The molecular formula is C23H27ClN4O. The molecule has 2 heterocycles. The third-order valence-corrected chi connectivity index (χ3v) is 5.26. The molecule has 2 N–H and O–H groups in total. The molecule has 3 aromatic rings. The zero-order chi connectivity index (χ0) is 19.5. The monoisotopic (exact) mass is 410 g/mol. The first-order chi connectivity index (χ1) is 13.6. The number of hydrogen-bond acceptors (Lipinski definition) is 3. The van der Waals surface area contributed by atoms with Gasteiger partial charge in [0.05, 0.1) is 11.3 Å². The average molecular weight is 411 g/mol. The van der Waals surface area contributed by atoms with Gasteiger partial charge in [0.25, 0.3) is 5.91 Å². The van der Waals surface area contributed by atoms with Crippen LogP contribution in [0.2, 0.25) is 0 Å². The summed E-state index contributed by atoms with van der Waals surface area (Å²) in [5.74, 6) is -0.0590. The minimum atomic E-state index is -0.0590. The molecule has 1 aromatic heterocycles. The molecule has 1 aliphatic rings. The first kappa shape index (κ1) is 21.1. The summed E-state index contributed by atoms with van der Waals surface area (Å²) in [7, 11) is 0. The number of piperidine rings is 1. The van der Waals surface area contributed by atoms with Crippen LogP contribution in [0.5, 0.6) is 0 Å². The first-order valence-corrected chi connectivity index (χ1v) is 9.86. The summed E-state index contributed by atoms with van der Waals surface area (Å²) in [4.78, 5) is 13.1. The standard InChI is InChI=1S/C23H26N4O.ClH/c1-16-8-10-20(11-9-16)27-15-21(22(26-27)18-6-4-3-5-7-18)23(28)25-19-12-13-24-17(2)14-19;/h3-11,15,17,19,24H,12-14H2,1-2H3,(H,25,28);1H. The Balaban J connectivity index is 0.00000240. The van der Waals surface area contributed by atoms with Crippen LogP contribution in [0.1, 0.15) is 35.7 Å². The minimum Gasteiger partial charge on any atom is -0.349 e. The number of hydrogen-bond donors (Lipinski definition) is 2. The highest BCUT2D eigenvalue weighted by atomic mass is 35.5. The fourth-order valence-corrected chi connectivity index (χ4v) is 3.71. The second kappa shape index (κ2) is 9.25. The van der Waals surface area contributed by atoms with Gasteiger partial charge in [0.2, 0.25) is 0 Å². The van der Waals surface area contributed by atoms with E-state index in [0.717, 1.165) is 30.6 Å². The molecule has 152 valence electrons. The van der Waals surface area contributed by atoms with Crippen molar-refractivity contribution in [3.63, 3.8) is 0 Å². The van der Waals surface area contributed by atoms with Gasteiger partial charge in [0.1, 0.15) is 5.69 Å². The van der Waals surface area contributed by atoms with Crippen molar-refractivity contribution in [2.75, 3.05) is 6.54 Å². The molecule has 6 heteroatoms. The second-order valence-corrected chi connectivity index (χ2v) is 7.59. The minimum absolute atomic E-state index is 0. The molecule has 2 aromatic carbocycles. The summed E-state index contributed by atoms with van der Waals surface area (Å²) < 4.78 is 1.79. The lowest BCUT2D eigenvalue weighted by Crippen LogP contribution is -2.46. The Labute approximate surface area is 177 Å². The van der Waals surface area contributed by atoms with E-state index in [2.05, 4.69) is 36.6 Å². The van der Waals surface area contributed by atoms with Crippen molar-refractivity contribution in [1.29, 1.82) is 0 Å². The number of carbonyl (C=O) groups excluding carboxylic acids is 1. The van der Waals surface area contributed by atoms with Crippen LogP contribution in [-0.2, 0) is 0 Å². The third kappa shape index (κ3) is 4.86. The summed E-state index contributed by atoms with van der Waals surface area (Å²) in [6.45, 7) is 5.14. The number of aromatic nitrogens is 2. The average Bonchev–Trinajstić information content (AvgIpc) is 3.15. The van der Waals surface area contributed by atoms with Crippen molar-refractivity contribution in [2.45, 2.75) is 38.8 Å². The summed E-state index contributed by atoms with van der Waals surface area (Å²) in [6.07, 6.45) is 3.73. The van der Waals surface area contributed by atoms with Gasteiger partial charge in [0, 0.05) is 23.8 Å². The Morgan fingerprint density at radius 2 is 1.86 bits per heavy atom. The molecule has 0 aliphatic carbocycles. The van der Waals surface area contributed by atoms with E-state index in [4.69, 9.17) is 5.10 Å². The van der Waals surface area contributed by atoms with Crippen LogP contribution in [0, 0.1) is 6.92 Å². The largest absolute Gasteiger partial charge is 0.349 e.